The first-order chi connectivity index (χ1) is 11.4. The molecule has 3 rings (SSSR count). The summed E-state index contributed by atoms with van der Waals surface area (Å²) in [6.07, 6.45) is 7.26. The standard InChI is InChI=1S/C16H19N3O4S/c1-8-7-24-15-11(14(21)19(15)12(8)16(22)23)18-13(20)10(17)9-5-3-2-4-6-9/h2-3,6,10-11,15H,4-5,7,17H2,1H3,(H,18,20)(H,22,23)/t10-,11?,15-/m1/s1. The first-order valence-corrected chi connectivity index (χ1v) is 8.74. The average Bonchev–Trinajstić information content (AvgIpc) is 2.59. The molecule has 1 fully saturated rings. The monoisotopic (exact) mass is 349 g/mol. The maximum atomic E-state index is 12.3. The first-order valence-electron chi connectivity index (χ1n) is 7.69. The molecule has 3 atom stereocenters. The molecule has 7 nitrogen and oxygen atoms in total. The first kappa shape index (κ1) is 16.8. The Labute approximate surface area is 143 Å². The Bertz CT molecular complexity index is 697. The van der Waals surface area contributed by atoms with Gasteiger partial charge in [0.2, 0.25) is 5.91 Å². The van der Waals surface area contributed by atoms with E-state index >= 15 is 0 Å². The smallest absolute Gasteiger partial charge is 0.352 e. The van der Waals surface area contributed by atoms with Crippen LogP contribution in [0.5, 0.6) is 0 Å². The molecule has 1 aliphatic carbocycles. The van der Waals surface area contributed by atoms with Crippen molar-refractivity contribution in [1.29, 1.82) is 0 Å². The summed E-state index contributed by atoms with van der Waals surface area (Å²) >= 11 is 1.45. The van der Waals surface area contributed by atoms with E-state index in [1.165, 1.54) is 16.7 Å². The number of allylic oxidation sites excluding steroid dienone is 3. The van der Waals surface area contributed by atoms with Crippen LogP contribution in [0.3, 0.4) is 0 Å². The Balaban J connectivity index is 1.68. The molecule has 128 valence electrons. The van der Waals surface area contributed by atoms with Crippen molar-refractivity contribution in [3.63, 3.8) is 0 Å². The SMILES string of the molecule is CC1=C(C(=O)O)N2C(=O)C(NC(=O)[C@H](N)C3=CCC=CC3)[C@H]2SC1. The quantitative estimate of drug-likeness (QED) is 0.499. The van der Waals surface area contributed by atoms with Gasteiger partial charge in [-0.3, -0.25) is 14.5 Å². The molecular weight excluding hydrogens is 330 g/mol. The van der Waals surface area contributed by atoms with Gasteiger partial charge in [-0.15, -0.1) is 11.8 Å². The van der Waals surface area contributed by atoms with Crippen molar-refractivity contribution < 1.29 is 19.5 Å². The van der Waals surface area contributed by atoms with E-state index in [9.17, 15) is 19.5 Å². The van der Waals surface area contributed by atoms with E-state index in [-0.39, 0.29) is 11.1 Å². The topological polar surface area (TPSA) is 113 Å². The van der Waals surface area contributed by atoms with Gasteiger partial charge in [-0.2, -0.15) is 0 Å². The summed E-state index contributed by atoms with van der Waals surface area (Å²) in [4.78, 5) is 37.3. The normalized spacial score (nSPS) is 27.2. The molecule has 8 heteroatoms. The summed E-state index contributed by atoms with van der Waals surface area (Å²) in [5.41, 5.74) is 7.49. The zero-order valence-electron chi connectivity index (χ0n) is 13.2. The van der Waals surface area contributed by atoms with Crippen LogP contribution >= 0.6 is 11.8 Å². The van der Waals surface area contributed by atoms with Crippen LogP contribution in [0.15, 0.2) is 35.1 Å². The van der Waals surface area contributed by atoms with E-state index in [0.29, 0.717) is 17.7 Å². The van der Waals surface area contributed by atoms with Gasteiger partial charge in [0.15, 0.2) is 0 Å². The predicted octanol–water partition coefficient (Wildman–Crippen LogP) is 0.349. The number of hydrogen-bond acceptors (Lipinski definition) is 5. The van der Waals surface area contributed by atoms with E-state index in [1.807, 2.05) is 18.2 Å². The molecular formula is C16H19N3O4S. The van der Waals surface area contributed by atoms with Crippen LogP contribution in [0.25, 0.3) is 0 Å². The third-order valence-corrected chi connectivity index (χ3v) is 5.80. The van der Waals surface area contributed by atoms with Crippen LogP contribution in [0, 0.1) is 0 Å². The number of nitrogens with zero attached hydrogens (tertiary/aromatic N) is 1. The number of aliphatic carboxylic acids is 1. The molecule has 24 heavy (non-hydrogen) atoms. The molecule has 2 heterocycles. The number of thioether (sulfide) groups is 1. The lowest BCUT2D eigenvalue weighted by atomic mass is 9.97. The summed E-state index contributed by atoms with van der Waals surface area (Å²) in [7, 11) is 0. The van der Waals surface area contributed by atoms with Gasteiger partial charge in [0.1, 0.15) is 23.2 Å². The number of nitrogens with two attached hydrogens (primary N) is 1. The van der Waals surface area contributed by atoms with Crippen molar-refractivity contribution in [3.8, 4) is 0 Å². The van der Waals surface area contributed by atoms with Crippen LogP contribution in [-0.2, 0) is 14.4 Å². The van der Waals surface area contributed by atoms with Gasteiger partial charge in [0, 0.05) is 5.75 Å². The van der Waals surface area contributed by atoms with Gasteiger partial charge in [-0.1, -0.05) is 18.2 Å². The lowest BCUT2D eigenvalue weighted by molar-refractivity contribution is -0.150. The van der Waals surface area contributed by atoms with Gasteiger partial charge >= 0.3 is 5.97 Å². The van der Waals surface area contributed by atoms with Crippen LogP contribution < -0.4 is 11.1 Å². The number of hydrogen-bond donors (Lipinski definition) is 3. The van der Waals surface area contributed by atoms with E-state index in [2.05, 4.69) is 5.32 Å². The molecule has 0 aromatic heterocycles. The zero-order chi connectivity index (χ0) is 17.4. The van der Waals surface area contributed by atoms with Crippen LogP contribution in [-0.4, -0.2) is 51.0 Å². The van der Waals surface area contributed by atoms with Gasteiger partial charge in [0.05, 0.1) is 0 Å². The molecule has 2 amide bonds. The fraction of sp³-hybridized carbons (Fsp3) is 0.438. The lowest BCUT2D eigenvalue weighted by Crippen LogP contribution is -2.71. The highest BCUT2D eigenvalue weighted by molar-refractivity contribution is 8.00. The van der Waals surface area contributed by atoms with E-state index in [0.717, 1.165) is 12.0 Å². The predicted molar refractivity (Wildman–Crippen MR) is 89.8 cm³/mol. The second-order valence-electron chi connectivity index (χ2n) is 6.00. The Hall–Kier alpha value is -2.06. The third kappa shape index (κ3) is 2.76. The summed E-state index contributed by atoms with van der Waals surface area (Å²) in [6.45, 7) is 1.70. The number of β-lactam (4-membered cyclic amide) rings is 1. The minimum absolute atomic E-state index is 0.0265. The summed E-state index contributed by atoms with van der Waals surface area (Å²) in [5.74, 6) is -1.41. The highest BCUT2D eigenvalue weighted by atomic mass is 32.2. The fourth-order valence-corrected chi connectivity index (χ4v) is 4.35. The molecule has 0 saturated carbocycles. The molecule has 0 spiro atoms. The zero-order valence-corrected chi connectivity index (χ0v) is 14.0. The Morgan fingerprint density at radius 3 is 2.83 bits per heavy atom. The number of carboxylic acid groups (broad SMARTS) is 1. The molecule has 4 N–H and O–H groups in total. The number of carbonyl (C=O) groups is 3. The third-order valence-electron chi connectivity index (χ3n) is 4.38. The van der Waals surface area contributed by atoms with Gasteiger partial charge in [0.25, 0.3) is 5.91 Å². The second kappa shape index (κ2) is 6.45. The highest BCUT2D eigenvalue weighted by Gasteiger charge is 2.53. The molecule has 0 radical (unpaired) electrons. The van der Waals surface area contributed by atoms with Crippen LogP contribution in [0.1, 0.15) is 19.8 Å². The van der Waals surface area contributed by atoms with E-state index in [1.54, 1.807) is 6.92 Å². The summed E-state index contributed by atoms with van der Waals surface area (Å²) < 4.78 is 0. The van der Waals surface area contributed by atoms with E-state index < -0.39 is 29.9 Å². The van der Waals surface area contributed by atoms with Crippen LogP contribution in [0.2, 0.25) is 0 Å². The van der Waals surface area contributed by atoms with Gasteiger partial charge in [-0.05, 0) is 30.9 Å². The van der Waals surface area contributed by atoms with Crippen molar-refractivity contribution >= 4 is 29.5 Å². The fourth-order valence-electron chi connectivity index (χ4n) is 3.06. The number of carboxylic acids is 1. The molecule has 0 bridgehead atoms. The number of carbonyl (C=O) groups excluding carboxylic acids is 2. The van der Waals surface area contributed by atoms with Crippen molar-refractivity contribution in [1.82, 2.24) is 10.2 Å². The Kier molecular flexibility index (Phi) is 4.51. The number of nitrogens with one attached hydrogen (secondary N) is 1. The van der Waals surface area contributed by atoms with Gasteiger partial charge in [-0.25, -0.2) is 4.79 Å². The average molecular weight is 349 g/mol. The van der Waals surface area contributed by atoms with Crippen molar-refractivity contribution in [2.24, 2.45) is 5.73 Å². The largest absolute Gasteiger partial charge is 0.477 e. The minimum Gasteiger partial charge on any atom is -0.477 e. The summed E-state index contributed by atoms with van der Waals surface area (Å²) in [6, 6.07) is -1.52. The molecule has 0 aromatic rings. The second-order valence-corrected chi connectivity index (χ2v) is 7.10. The van der Waals surface area contributed by atoms with Crippen molar-refractivity contribution in [2.75, 3.05) is 5.75 Å². The van der Waals surface area contributed by atoms with E-state index in [4.69, 9.17) is 5.73 Å². The molecule has 1 saturated heterocycles. The molecule has 0 aromatic carbocycles. The molecule has 1 unspecified atom stereocenters. The number of amides is 2. The number of fused-ring (bicyclic) bond motifs is 1. The van der Waals surface area contributed by atoms with Crippen molar-refractivity contribution in [2.45, 2.75) is 37.2 Å². The molecule has 3 aliphatic rings. The lowest BCUT2D eigenvalue weighted by Gasteiger charge is -2.49. The maximum absolute atomic E-state index is 12.3. The maximum Gasteiger partial charge on any atom is 0.352 e. The molecule has 2 aliphatic heterocycles. The van der Waals surface area contributed by atoms with Gasteiger partial charge < -0.3 is 16.2 Å². The highest BCUT2D eigenvalue weighted by Crippen LogP contribution is 2.40. The minimum atomic E-state index is -1.12. The Morgan fingerprint density at radius 2 is 2.21 bits per heavy atom. The summed E-state index contributed by atoms with van der Waals surface area (Å²) in [5, 5.41) is 11.6. The number of rotatable bonds is 4. The van der Waals surface area contributed by atoms with Crippen molar-refractivity contribution in [3.05, 3.63) is 35.1 Å². The Morgan fingerprint density at radius 1 is 1.46 bits per heavy atom. The van der Waals surface area contributed by atoms with Crippen LogP contribution in [0.4, 0.5) is 0 Å².